The van der Waals surface area contributed by atoms with Gasteiger partial charge in [-0.2, -0.15) is 0 Å². The lowest BCUT2D eigenvalue weighted by molar-refractivity contribution is -0.138. The van der Waals surface area contributed by atoms with E-state index in [1.807, 2.05) is 19.1 Å². The van der Waals surface area contributed by atoms with Gasteiger partial charge in [0.25, 0.3) is 0 Å². The largest absolute Gasteiger partial charge is 0.481 e. The molecule has 1 aromatic carbocycles. The highest BCUT2D eigenvalue weighted by Crippen LogP contribution is 2.26. The summed E-state index contributed by atoms with van der Waals surface area (Å²) >= 11 is 0. The summed E-state index contributed by atoms with van der Waals surface area (Å²) in [6, 6.07) is 5.53. The molecule has 1 atom stereocenters. The second-order valence-corrected chi connectivity index (χ2v) is 3.73. The molecule has 2 aromatic rings. The van der Waals surface area contributed by atoms with Gasteiger partial charge < -0.3 is 5.11 Å². The van der Waals surface area contributed by atoms with Crippen molar-refractivity contribution in [2.24, 2.45) is 7.05 Å². The van der Waals surface area contributed by atoms with Crippen molar-refractivity contribution < 1.29 is 9.90 Å². The highest BCUT2D eigenvalue weighted by molar-refractivity contribution is 5.86. The van der Waals surface area contributed by atoms with Crippen LogP contribution in [0.15, 0.2) is 18.2 Å². The molecule has 0 bridgehead atoms. The van der Waals surface area contributed by atoms with Crippen LogP contribution >= 0.6 is 0 Å². The molecule has 84 valence electrons. The summed E-state index contributed by atoms with van der Waals surface area (Å²) in [5.74, 6) is -1.33. The number of hydrogen-bond donors (Lipinski definition) is 1. The minimum absolute atomic E-state index is 0.514. The minimum Gasteiger partial charge on any atom is -0.481 e. The quantitative estimate of drug-likeness (QED) is 0.850. The monoisotopic (exact) mass is 219 g/mol. The van der Waals surface area contributed by atoms with Crippen molar-refractivity contribution in [3.63, 3.8) is 0 Å². The fourth-order valence-electron chi connectivity index (χ4n) is 1.89. The van der Waals surface area contributed by atoms with Crippen LogP contribution in [0.5, 0.6) is 0 Å². The Morgan fingerprint density at radius 1 is 1.56 bits per heavy atom. The van der Waals surface area contributed by atoms with Crippen LogP contribution in [-0.4, -0.2) is 26.1 Å². The van der Waals surface area contributed by atoms with Gasteiger partial charge in [-0.05, 0) is 18.1 Å². The molecular weight excluding hydrogens is 206 g/mol. The van der Waals surface area contributed by atoms with Gasteiger partial charge in [0.2, 0.25) is 0 Å². The first kappa shape index (κ1) is 10.6. The first-order chi connectivity index (χ1) is 7.65. The summed E-state index contributed by atoms with van der Waals surface area (Å²) in [5, 5.41) is 17.1. The molecular formula is C11H13N3O2. The lowest BCUT2D eigenvalue weighted by atomic mass is 9.95. The fourth-order valence-corrected chi connectivity index (χ4v) is 1.89. The Morgan fingerprint density at radius 2 is 2.31 bits per heavy atom. The molecule has 1 unspecified atom stereocenters. The number of aromatic nitrogens is 3. The molecule has 0 fully saturated rings. The molecule has 5 heteroatoms. The number of aryl methyl sites for hydroxylation is 1. The lowest BCUT2D eigenvalue weighted by Crippen LogP contribution is -2.10. The van der Waals surface area contributed by atoms with Gasteiger partial charge in [0.15, 0.2) is 0 Å². The van der Waals surface area contributed by atoms with E-state index in [2.05, 4.69) is 10.3 Å². The number of rotatable bonds is 3. The average Bonchev–Trinajstić information content (AvgIpc) is 2.62. The third-order valence-corrected chi connectivity index (χ3v) is 2.76. The highest BCUT2D eigenvalue weighted by Gasteiger charge is 2.21. The Labute approximate surface area is 92.7 Å². The zero-order valence-electron chi connectivity index (χ0n) is 9.21. The summed E-state index contributed by atoms with van der Waals surface area (Å²) in [6.45, 7) is 1.86. The summed E-state index contributed by atoms with van der Waals surface area (Å²) in [6.07, 6.45) is 0.547. The minimum atomic E-state index is -0.819. The third-order valence-electron chi connectivity index (χ3n) is 2.76. The van der Waals surface area contributed by atoms with E-state index < -0.39 is 11.9 Å². The second-order valence-electron chi connectivity index (χ2n) is 3.73. The third kappa shape index (κ3) is 1.54. The summed E-state index contributed by atoms with van der Waals surface area (Å²) < 4.78 is 1.65. The van der Waals surface area contributed by atoms with Crippen molar-refractivity contribution in [2.45, 2.75) is 19.3 Å². The number of hydrogen-bond acceptors (Lipinski definition) is 3. The molecule has 0 aliphatic carbocycles. The van der Waals surface area contributed by atoms with Crippen LogP contribution < -0.4 is 0 Å². The number of nitrogens with zero attached hydrogens (tertiary/aromatic N) is 3. The Bertz CT molecular complexity index is 533. The predicted octanol–water partition coefficient (Wildman–Crippen LogP) is 1.55. The topological polar surface area (TPSA) is 68.0 Å². The zero-order valence-corrected chi connectivity index (χ0v) is 9.21. The fraction of sp³-hybridized carbons (Fsp3) is 0.364. The first-order valence-corrected chi connectivity index (χ1v) is 5.16. The van der Waals surface area contributed by atoms with Gasteiger partial charge in [0, 0.05) is 7.05 Å². The van der Waals surface area contributed by atoms with Crippen LogP contribution in [0.25, 0.3) is 11.0 Å². The van der Waals surface area contributed by atoms with Crippen molar-refractivity contribution in [3.05, 3.63) is 23.8 Å². The number of aliphatic carboxylic acids is 1. The van der Waals surface area contributed by atoms with Crippen molar-refractivity contribution in [2.75, 3.05) is 0 Å². The zero-order chi connectivity index (χ0) is 11.7. The van der Waals surface area contributed by atoms with Crippen LogP contribution in [0.2, 0.25) is 0 Å². The van der Waals surface area contributed by atoms with E-state index in [0.717, 1.165) is 11.1 Å². The average molecular weight is 219 g/mol. The van der Waals surface area contributed by atoms with Gasteiger partial charge in [-0.15, -0.1) is 5.10 Å². The molecule has 1 heterocycles. The van der Waals surface area contributed by atoms with Gasteiger partial charge >= 0.3 is 5.97 Å². The molecule has 16 heavy (non-hydrogen) atoms. The predicted molar refractivity (Wildman–Crippen MR) is 59.2 cm³/mol. The van der Waals surface area contributed by atoms with Gasteiger partial charge in [0.1, 0.15) is 5.52 Å². The summed E-state index contributed by atoms with van der Waals surface area (Å²) in [4.78, 5) is 11.1. The molecule has 2 rings (SSSR count). The lowest BCUT2D eigenvalue weighted by Gasteiger charge is -2.09. The Morgan fingerprint density at radius 3 is 2.94 bits per heavy atom. The molecule has 5 nitrogen and oxygen atoms in total. The van der Waals surface area contributed by atoms with Crippen molar-refractivity contribution >= 4 is 17.0 Å². The number of carbonyl (C=O) groups is 1. The van der Waals surface area contributed by atoms with Crippen molar-refractivity contribution in [1.29, 1.82) is 0 Å². The van der Waals surface area contributed by atoms with Gasteiger partial charge in [-0.3, -0.25) is 4.79 Å². The summed E-state index contributed by atoms with van der Waals surface area (Å²) in [7, 11) is 1.79. The first-order valence-electron chi connectivity index (χ1n) is 5.16. The van der Waals surface area contributed by atoms with Crippen LogP contribution in [0, 0.1) is 0 Å². The number of carboxylic acids is 1. The standard InChI is InChI=1S/C11H13N3O2/c1-3-7(11(15)16)8-5-4-6-9-10(8)12-13-14(9)2/h4-7H,3H2,1-2H3,(H,15,16). The molecule has 0 aliphatic rings. The highest BCUT2D eigenvalue weighted by atomic mass is 16.4. The molecule has 0 saturated heterocycles. The Hall–Kier alpha value is -1.91. The maximum Gasteiger partial charge on any atom is 0.311 e. The van der Waals surface area contributed by atoms with E-state index in [-0.39, 0.29) is 0 Å². The Balaban J connectivity index is 2.63. The van der Waals surface area contributed by atoms with E-state index in [1.54, 1.807) is 17.8 Å². The second kappa shape index (κ2) is 3.92. The van der Waals surface area contributed by atoms with E-state index in [4.69, 9.17) is 5.11 Å². The maximum absolute atomic E-state index is 11.1. The normalized spacial score (nSPS) is 12.9. The van der Waals surface area contributed by atoms with Crippen molar-refractivity contribution in [3.8, 4) is 0 Å². The molecule has 0 saturated carbocycles. The molecule has 0 aliphatic heterocycles. The smallest absolute Gasteiger partial charge is 0.311 e. The van der Waals surface area contributed by atoms with E-state index in [9.17, 15) is 4.79 Å². The number of carboxylic acid groups (broad SMARTS) is 1. The van der Waals surface area contributed by atoms with Crippen molar-refractivity contribution in [1.82, 2.24) is 15.0 Å². The van der Waals surface area contributed by atoms with Gasteiger partial charge in [0.05, 0.1) is 11.4 Å². The van der Waals surface area contributed by atoms with Crippen LogP contribution in [0.1, 0.15) is 24.8 Å². The van der Waals surface area contributed by atoms with Crippen LogP contribution in [0.4, 0.5) is 0 Å². The van der Waals surface area contributed by atoms with Crippen LogP contribution in [0.3, 0.4) is 0 Å². The maximum atomic E-state index is 11.1. The molecule has 1 N–H and O–H groups in total. The number of fused-ring (bicyclic) bond motifs is 1. The van der Waals surface area contributed by atoms with Crippen LogP contribution in [-0.2, 0) is 11.8 Å². The molecule has 1 aromatic heterocycles. The number of benzene rings is 1. The molecule has 0 amide bonds. The summed E-state index contributed by atoms with van der Waals surface area (Å²) in [5.41, 5.74) is 2.28. The molecule has 0 radical (unpaired) electrons. The van der Waals surface area contributed by atoms with Gasteiger partial charge in [-0.1, -0.05) is 24.3 Å². The van der Waals surface area contributed by atoms with E-state index in [0.29, 0.717) is 11.9 Å². The molecule has 0 spiro atoms. The SMILES string of the molecule is CCC(C(=O)O)c1cccc2c1nnn2C. The van der Waals surface area contributed by atoms with E-state index in [1.165, 1.54) is 0 Å². The Kier molecular flexibility index (Phi) is 2.60. The van der Waals surface area contributed by atoms with Gasteiger partial charge in [-0.25, -0.2) is 4.68 Å². The van der Waals surface area contributed by atoms with E-state index >= 15 is 0 Å².